The SMILES string of the molecule is O=C1C[C@H](C(F)(F)F)[C@@H](C(=O)O)N1. The van der Waals surface area contributed by atoms with E-state index in [0.29, 0.717) is 0 Å². The van der Waals surface area contributed by atoms with Crippen molar-refractivity contribution in [2.75, 3.05) is 0 Å². The Hall–Kier alpha value is -1.27. The first-order chi connectivity index (χ1) is 5.82. The molecule has 0 aromatic rings. The zero-order chi connectivity index (χ0) is 10.2. The molecule has 1 heterocycles. The number of carbonyl (C=O) groups is 2. The Morgan fingerprint density at radius 1 is 1.54 bits per heavy atom. The molecule has 74 valence electrons. The second kappa shape index (κ2) is 2.90. The molecule has 1 rings (SSSR count). The highest BCUT2D eigenvalue weighted by molar-refractivity contribution is 5.88. The van der Waals surface area contributed by atoms with E-state index >= 15 is 0 Å². The van der Waals surface area contributed by atoms with Gasteiger partial charge >= 0.3 is 12.1 Å². The lowest BCUT2D eigenvalue weighted by Gasteiger charge is -2.17. The zero-order valence-electron chi connectivity index (χ0n) is 6.26. The third-order valence-corrected chi connectivity index (χ3v) is 1.81. The van der Waals surface area contributed by atoms with E-state index in [-0.39, 0.29) is 0 Å². The predicted molar refractivity (Wildman–Crippen MR) is 33.7 cm³/mol. The van der Waals surface area contributed by atoms with Crippen LogP contribution in [0.1, 0.15) is 6.42 Å². The minimum Gasteiger partial charge on any atom is -0.480 e. The number of halogens is 3. The summed E-state index contributed by atoms with van der Waals surface area (Å²) in [7, 11) is 0. The molecule has 1 amide bonds. The number of aliphatic carboxylic acids is 1. The van der Waals surface area contributed by atoms with Gasteiger partial charge in [-0.25, -0.2) is 4.79 Å². The number of amides is 1. The minimum atomic E-state index is -4.65. The molecule has 0 radical (unpaired) electrons. The van der Waals surface area contributed by atoms with E-state index in [0.717, 1.165) is 0 Å². The van der Waals surface area contributed by atoms with Gasteiger partial charge in [0, 0.05) is 6.42 Å². The van der Waals surface area contributed by atoms with Crippen molar-refractivity contribution < 1.29 is 27.9 Å². The summed E-state index contributed by atoms with van der Waals surface area (Å²) in [5.41, 5.74) is 0. The molecule has 0 aromatic heterocycles. The first-order valence-corrected chi connectivity index (χ1v) is 3.41. The lowest BCUT2D eigenvalue weighted by molar-refractivity contribution is -0.184. The molecule has 0 unspecified atom stereocenters. The van der Waals surface area contributed by atoms with Crippen LogP contribution in [-0.4, -0.2) is 29.2 Å². The van der Waals surface area contributed by atoms with Gasteiger partial charge in [-0.15, -0.1) is 0 Å². The average Bonchev–Trinajstić information content (AvgIpc) is 2.29. The van der Waals surface area contributed by atoms with Crippen molar-refractivity contribution in [3.63, 3.8) is 0 Å². The summed E-state index contributed by atoms with van der Waals surface area (Å²) in [5.74, 6) is -4.65. The first kappa shape index (κ1) is 9.82. The zero-order valence-corrected chi connectivity index (χ0v) is 6.26. The normalized spacial score (nSPS) is 28.7. The van der Waals surface area contributed by atoms with Crippen LogP contribution < -0.4 is 5.32 Å². The quantitative estimate of drug-likeness (QED) is 0.628. The Morgan fingerprint density at radius 3 is 2.38 bits per heavy atom. The van der Waals surface area contributed by atoms with Crippen LogP contribution in [0.2, 0.25) is 0 Å². The van der Waals surface area contributed by atoms with Crippen molar-refractivity contribution >= 4 is 11.9 Å². The van der Waals surface area contributed by atoms with Crippen molar-refractivity contribution in [1.82, 2.24) is 5.32 Å². The highest BCUT2D eigenvalue weighted by Gasteiger charge is 2.52. The van der Waals surface area contributed by atoms with Gasteiger partial charge in [-0.2, -0.15) is 13.2 Å². The van der Waals surface area contributed by atoms with Crippen LogP contribution in [0.25, 0.3) is 0 Å². The molecule has 0 aromatic carbocycles. The third-order valence-electron chi connectivity index (χ3n) is 1.81. The summed E-state index contributed by atoms with van der Waals surface area (Å²) in [6, 6.07) is -1.84. The van der Waals surface area contributed by atoms with Gasteiger partial charge in [-0.05, 0) is 0 Å². The number of carboxylic acids is 1. The fourth-order valence-corrected chi connectivity index (χ4v) is 1.19. The van der Waals surface area contributed by atoms with Gasteiger partial charge in [0.2, 0.25) is 5.91 Å². The molecule has 0 saturated carbocycles. The molecule has 2 N–H and O–H groups in total. The van der Waals surface area contributed by atoms with E-state index in [2.05, 4.69) is 0 Å². The maximum absolute atomic E-state index is 12.1. The number of hydrogen-bond donors (Lipinski definition) is 2. The number of rotatable bonds is 1. The van der Waals surface area contributed by atoms with Crippen LogP contribution in [0.3, 0.4) is 0 Å². The molecule has 0 bridgehead atoms. The summed E-state index contributed by atoms with van der Waals surface area (Å²) >= 11 is 0. The largest absolute Gasteiger partial charge is 0.480 e. The van der Waals surface area contributed by atoms with E-state index in [9.17, 15) is 22.8 Å². The topological polar surface area (TPSA) is 66.4 Å². The standard InChI is InChI=1S/C6H6F3NO3/c7-6(8,9)2-1-3(11)10-4(2)5(12)13/h2,4H,1H2,(H,10,11)(H,12,13)/t2-,4-/m0/s1. The second-order valence-electron chi connectivity index (χ2n) is 2.74. The Balaban J connectivity index is 2.84. The van der Waals surface area contributed by atoms with E-state index in [1.54, 1.807) is 5.32 Å². The van der Waals surface area contributed by atoms with Crippen molar-refractivity contribution in [3.05, 3.63) is 0 Å². The fraction of sp³-hybridized carbons (Fsp3) is 0.667. The number of hydrogen-bond acceptors (Lipinski definition) is 2. The molecule has 2 atom stereocenters. The molecule has 0 aliphatic carbocycles. The van der Waals surface area contributed by atoms with Gasteiger partial charge in [0.1, 0.15) is 6.04 Å². The summed E-state index contributed by atoms with van der Waals surface area (Å²) in [5, 5.41) is 10.1. The lowest BCUT2D eigenvalue weighted by Crippen LogP contribution is -2.42. The molecule has 1 fully saturated rings. The molecule has 1 saturated heterocycles. The smallest absolute Gasteiger partial charge is 0.394 e. The van der Waals surface area contributed by atoms with Crippen LogP contribution in [0, 0.1) is 5.92 Å². The summed E-state index contributed by atoms with van der Waals surface area (Å²) < 4.78 is 36.3. The van der Waals surface area contributed by atoms with Gasteiger partial charge in [-0.1, -0.05) is 0 Å². The maximum Gasteiger partial charge on any atom is 0.394 e. The number of nitrogens with one attached hydrogen (secondary N) is 1. The fourth-order valence-electron chi connectivity index (χ4n) is 1.19. The van der Waals surface area contributed by atoms with Crippen LogP contribution >= 0.6 is 0 Å². The minimum absolute atomic E-state index is 0.805. The molecule has 1 aliphatic heterocycles. The average molecular weight is 197 g/mol. The summed E-state index contributed by atoms with van der Waals surface area (Å²) in [6.07, 6.45) is -5.46. The third kappa shape index (κ3) is 1.90. The highest BCUT2D eigenvalue weighted by Crippen LogP contribution is 2.34. The van der Waals surface area contributed by atoms with Crippen LogP contribution in [-0.2, 0) is 9.59 Å². The Labute approximate surface area is 70.7 Å². The molecule has 4 nitrogen and oxygen atoms in total. The van der Waals surface area contributed by atoms with Crippen molar-refractivity contribution in [1.29, 1.82) is 0 Å². The number of carbonyl (C=O) groups excluding carboxylic acids is 1. The molecule has 0 spiro atoms. The van der Waals surface area contributed by atoms with Gasteiger partial charge < -0.3 is 10.4 Å². The van der Waals surface area contributed by atoms with Crippen molar-refractivity contribution in [2.45, 2.75) is 18.6 Å². The van der Waals surface area contributed by atoms with Gasteiger partial charge in [0.15, 0.2) is 0 Å². The van der Waals surface area contributed by atoms with E-state index in [1.165, 1.54) is 0 Å². The van der Waals surface area contributed by atoms with Crippen molar-refractivity contribution in [2.24, 2.45) is 5.92 Å². The number of alkyl halides is 3. The van der Waals surface area contributed by atoms with Gasteiger partial charge in [-0.3, -0.25) is 4.79 Å². The molecular weight excluding hydrogens is 191 g/mol. The highest BCUT2D eigenvalue weighted by atomic mass is 19.4. The predicted octanol–water partition coefficient (Wildman–Crippen LogP) is 0.138. The Morgan fingerprint density at radius 2 is 2.08 bits per heavy atom. The molecule has 13 heavy (non-hydrogen) atoms. The van der Waals surface area contributed by atoms with E-state index in [4.69, 9.17) is 5.11 Å². The number of carboxylic acid groups (broad SMARTS) is 1. The summed E-state index contributed by atoms with van der Waals surface area (Å²) in [4.78, 5) is 20.8. The van der Waals surface area contributed by atoms with Crippen molar-refractivity contribution in [3.8, 4) is 0 Å². The van der Waals surface area contributed by atoms with E-state index in [1.807, 2.05) is 0 Å². The Bertz CT molecular complexity index is 250. The monoisotopic (exact) mass is 197 g/mol. The van der Waals surface area contributed by atoms with Crippen LogP contribution in [0.15, 0.2) is 0 Å². The van der Waals surface area contributed by atoms with Crippen LogP contribution in [0.5, 0.6) is 0 Å². The van der Waals surface area contributed by atoms with E-state index < -0.39 is 36.4 Å². The molecule has 1 aliphatic rings. The second-order valence-corrected chi connectivity index (χ2v) is 2.74. The maximum atomic E-state index is 12.1. The van der Waals surface area contributed by atoms with Crippen LogP contribution in [0.4, 0.5) is 13.2 Å². The van der Waals surface area contributed by atoms with Gasteiger partial charge in [0.25, 0.3) is 0 Å². The first-order valence-electron chi connectivity index (χ1n) is 3.41. The Kier molecular flexibility index (Phi) is 2.19. The summed E-state index contributed by atoms with van der Waals surface area (Å²) in [6.45, 7) is 0. The molecule has 7 heteroatoms. The van der Waals surface area contributed by atoms with Gasteiger partial charge in [0.05, 0.1) is 5.92 Å². The molecular formula is C6H6F3NO3. The lowest BCUT2D eigenvalue weighted by atomic mass is 10.0.